The first-order valence-electron chi connectivity index (χ1n) is 5.64. The lowest BCUT2D eigenvalue weighted by Crippen LogP contribution is -2.21. The molecule has 2 aromatic rings. The second kappa shape index (κ2) is 5.26. The molecule has 0 aromatic heterocycles. The fourth-order valence-electron chi connectivity index (χ4n) is 1.46. The van der Waals surface area contributed by atoms with Crippen molar-refractivity contribution in [3.63, 3.8) is 0 Å². The van der Waals surface area contributed by atoms with Crippen LogP contribution in [0.15, 0.2) is 59.5 Å². The van der Waals surface area contributed by atoms with Crippen molar-refractivity contribution in [3.05, 3.63) is 60.2 Å². The summed E-state index contributed by atoms with van der Waals surface area (Å²) in [5, 5.41) is 0. The van der Waals surface area contributed by atoms with Gasteiger partial charge in [0.15, 0.2) is 0 Å². The maximum atomic E-state index is 12.1. The largest absolute Gasteiger partial charge is 0.423 e. The molecule has 0 bridgehead atoms. The third kappa shape index (κ3) is 2.83. The Morgan fingerprint density at radius 2 is 1.35 bits per heavy atom. The smallest absolute Gasteiger partial charge is 0.371 e. The van der Waals surface area contributed by atoms with Crippen LogP contribution in [-0.2, 0) is 18.0 Å². The van der Waals surface area contributed by atoms with Crippen LogP contribution in [0.1, 0.15) is 5.56 Å². The van der Waals surface area contributed by atoms with Gasteiger partial charge in [-0.1, -0.05) is 35.9 Å². The Kier molecular flexibility index (Phi) is 3.82. The molecule has 0 fully saturated rings. The van der Waals surface area contributed by atoms with E-state index in [4.69, 9.17) is 0 Å². The topological polar surface area (TPSA) is 77.5 Å². The van der Waals surface area contributed by atoms with E-state index in [1.54, 1.807) is 25.1 Å². The van der Waals surface area contributed by atoms with E-state index in [9.17, 15) is 16.8 Å². The predicted molar refractivity (Wildman–Crippen MR) is 74.4 cm³/mol. The second-order valence-electron chi connectivity index (χ2n) is 4.07. The highest BCUT2D eigenvalue weighted by Gasteiger charge is 2.34. The summed E-state index contributed by atoms with van der Waals surface area (Å²) in [5.41, 5.74) is 0.824. The van der Waals surface area contributed by atoms with E-state index in [0.717, 1.165) is 5.56 Å². The van der Waals surface area contributed by atoms with Crippen LogP contribution in [0.25, 0.3) is 0 Å². The maximum absolute atomic E-state index is 12.1. The Bertz CT molecular complexity index is 792. The molecule has 0 spiro atoms. The van der Waals surface area contributed by atoms with Crippen molar-refractivity contribution in [2.45, 2.75) is 11.8 Å². The molecule has 2 aromatic carbocycles. The Balaban J connectivity index is 2.40. The number of para-hydroxylation sites is 1. The zero-order valence-electron chi connectivity index (χ0n) is 10.6. The Labute approximate surface area is 117 Å². The number of hydrogen-bond acceptors (Lipinski definition) is 5. The fourth-order valence-corrected chi connectivity index (χ4v) is 4.15. The van der Waals surface area contributed by atoms with Crippen molar-refractivity contribution >= 4 is 18.0 Å². The molecule has 0 atom stereocenters. The van der Waals surface area contributed by atoms with Gasteiger partial charge in [0, 0.05) is 0 Å². The van der Waals surface area contributed by atoms with E-state index < -0.39 is 18.0 Å². The van der Waals surface area contributed by atoms with Gasteiger partial charge in [0.25, 0.3) is 0 Å². The molecule has 0 amide bonds. The van der Waals surface area contributed by atoms with Gasteiger partial charge in [0.1, 0.15) is 5.75 Å². The normalized spacial score (nSPS) is 12.1. The Morgan fingerprint density at radius 1 is 0.800 bits per heavy atom. The lowest BCUT2D eigenvalue weighted by Gasteiger charge is -2.07. The molecule has 0 saturated carbocycles. The molecule has 0 aliphatic heterocycles. The summed E-state index contributed by atoms with van der Waals surface area (Å²) >= 11 is 0. The molecule has 0 heterocycles. The average Bonchev–Trinajstić information content (AvgIpc) is 2.39. The molecule has 106 valence electrons. The van der Waals surface area contributed by atoms with Crippen molar-refractivity contribution in [2.24, 2.45) is 0 Å². The van der Waals surface area contributed by atoms with E-state index in [1.807, 2.05) is 0 Å². The zero-order chi connectivity index (χ0) is 14.8. The number of hydrogen-bond donors (Lipinski definition) is 0. The maximum Gasteiger partial charge on any atom is 0.423 e. The van der Waals surface area contributed by atoms with Crippen molar-refractivity contribution in [1.82, 2.24) is 0 Å². The van der Waals surface area contributed by atoms with Gasteiger partial charge in [-0.3, -0.25) is 0 Å². The number of aryl methyl sites for hydroxylation is 1. The van der Waals surface area contributed by atoms with Gasteiger partial charge in [-0.15, -0.1) is 0 Å². The van der Waals surface area contributed by atoms with E-state index in [2.05, 4.69) is 4.18 Å². The summed E-state index contributed by atoms with van der Waals surface area (Å²) in [6.07, 6.45) is 0. The third-order valence-corrected chi connectivity index (χ3v) is 6.70. The van der Waals surface area contributed by atoms with E-state index in [-0.39, 0.29) is 10.6 Å². The molecule has 2 rings (SSSR count). The summed E-state index contributed by atoms with van der Waals surface area (Å²) in [6.45, 7) is 1.77. The van der Waals surface area contributed by atoms with Crippen LogP contribution in [0.4, 0.5) is 0 Å². The monoisotopic (exact) mass is 312 g/mol. The van der Waals surface area contributed by atoms with E-state index in [0.29, 0.717) is 0 Å². The van der Waals surface area contributed by atoms with Crippen molar-refractivity contribution < 1.29 is 21.0 Å². The van der Waals surface area contributed by atoms with E-state index >= 15 is 0 Å². The fraction of sp³-hybridized carbons (Fsp3) is 0.0769. The van der Waals surface area contributed by atoms with Crippen LogP contribution in [0.3, 0.4) is 0 Å². The molecule has 0 aliphatic rings. The first kappa shape index (κ1) is 14.5. The van der Waals surface area contributed by atoms with Crippen molar-refractivity contribution in [1.29, 1.82) is 0 Å². The Morgan fingerprint density at radius 3 is 1.90 bits per heavy atom. The average molecular weight is 312 g/mol. The summed E-state index contributed by atoms with van der Waals surface area (Å²) < 4.78 is 52.5. The highest BCUT2D eigenvalue weighted by Crippen LogP contribution is 2.21. The van der Waals surface area contributed by atoms with Crippen LogP contribution in [-0.4, -0.2) is 16.8 Å². The highest BCUT2D eigenvalue weighted by molar-refractivity contribution is 8.65. The standard InChI is InChI=1S/C13H12O5S2/c1-11-7-9-13(10-8-11)19(14,15)20(16,17)18-12-5-3-2-4-6-12/h2-10H,1H3. The summed E-state index contributed by atoms with van der Waals surface area (Å²) in [5.74, 6) is -0.0526. The minimum atomic E-state index is -4.81. The minimum absolute atomic E-state index is 0.0526. The predicted octanol–water partition coefficient (Wildman–Crippen LogP) is 2.09. The van der Waals surface area contributed by atoms with Gasteiger partial charge in [-0.05, 0) is 31.2 Å². The van der Waals surface area contributed by atoms with Crippen molar-refractivity contribution in [3.8, 4) is 5.75 Å². The lowest BCUT2D eigenvalue weighted by molar-refractivity contribution is 0.495. The minimum Gasteiger partial charge on any atom is -0.371 e. The van der Waals surface area contributed by atoms with Crippen LogP contribution < -0.4 is 4.18 Å². The van der Waals surface area contributed by atoms with Gasteiger partial charge < -0.3 is 4.18 Å². The molecule has 0 radical (unpaired) electrons. The van der Waals surface area contributed by atoms with Crippen LogP contribution in [0.5, 0.6) is 5.75 Å². The van der Waals surface area contributed by atoms with Crippen LogP contribution in [0.2, 0.25) is 0 Å². The van der Waals surface area contributed by atoms with Crippen LogP contribution >= 0.6 is 0 Å². The second-order valence-corrected chi connectivity index (χ2v) is 8.98. The molecule has 0 saturated heterocycles. The van der Waals surface area contributed by atoms with E-state index in [1.165, 1.54) is 36.4 Å². The van der Waals surface area contributed by atoms with Gasteiger partial charge in [0.05, 0.1) is 4.90 Å². The summed E-state index contributed by atoms with van der Waals surface area (Å²) in [7, 11) is -9.41. The van der Waals surface area contributed by atoms with Crippen molar-refractivity contribution in [2.75, 3.05) is 0 Å². The van der Waals surface area contributed by atoms with Gasteiger partial charge in [-0.2, -0.15) is 8.42 Å². The first-order valence-corrected chi connectivity index (χ1v) is 9.05. The zero-order valence-corrected chi connectivity index (χ0v) is 12.2. The van der Waals surface area contributed by atoms with Gasteiger partial charge in [0.2, 0.25) is 0 Å². The van der Waals surface area contributed by atoms with Gasteiger partial charge >= 0.3 is 18.0 Å². The van der Waals surface area contributed by atoms with Crippen LogP contribution in [0, 0.1) is 6.92 Å². The number of rotatable bonds is 4. The summed E-state index contributed by atoms with van der Waals surface area (Å²) in [6, 6.07) is 13.0. The molecular weight excluding hydrogens is 300 g/mol. The number of benzene rings is 2. The SMILES string of the molecule is Cc1ccc(S(=O)(=O)S(=O)(=O)Oc2ccccc2)cc1. The van der Waals surface area contributed by atoms with Gasteiger partial charge in [-0.25, -0.2) is 8.42 Å². The molecule has 5 nitrogen and oxygen atoms in total. The molecule has 7 heteroatoms. The molecule has 0 aliphatic carbocycles. The quantitative estimate of drug-likeness (QED) is 0.808. The highest BCUT2D eigenvalue weighted by atomic mass is 33.2. The lowest BCUT2D eigenvalue weighted by atomic mass is 10.2. The third-order valence-electron chi connectivity index (χ3n) is 2.52. The Hall–Kier alpha value is -1.86. The molecule has 0 N–H and O–H groups in total. The molecule has 0 unspecified atom stereocenters. The molecule has 20 heavy (non-hydrogen) atoms. The summed E-state index contributed by atoms with van der Waals surface area (Å²) in [4.78, 5) is -0.320. The first-order chi connectivity index (χ1) is 9.33. The molecular formula is C13H12O5S2.